The second-order valence-corrected chi connectivity index (χ2v) is 3.67. The number of halogens is 1. The van der Waals surface area contributed by atoms with E-state index in [-0.39, 0.29) is 0 Å². The van der Waals surface area contributed by atoms with Crippen molar-refractivity contribution in [2.24, 2.45) is 5.73 Å². The van der Waals surface area contributed by atoms with Crippen molar-refractivity contribution in [3.8, 4) is 0 Å². The number of carboxylic acid groups (broad SMARTS) is 2. The van der Waals surface area contributed by atoms with Gasteiger partial charge in [-0.3, -0.25) is 9.59 Å². The van der Waals surface area contributed by atoms with E-state index in [1.807, 2.05) is 0 Å². The Bertz CT molecular complexity index is 404. The minimum Gasteiger partial charge on any atom is -0.481 e. The van der Waals surface area contributed by atoms with Crippen molar-refractivity contribution in [2.75, 3.05) is 0 Å². The molecular formula is C10H10ClNO4. The topological polar surface area (TPSA) is 101 Å². The summed E-state index contributed by atoms with van der Waals surface area (Å²) >= 11 is 5.64. The van der Waals surface area contributed by atoms with Gasteiger partial charge in [-0.2, -0.15) is 0 Å². The monoisotopic (exact) mass is 243 g/mol. The highest BCUT2D eigenvalue weighted by molar-refractivity contribution is 6.30. The molecule has 0 fully saturated rings. The molecule has 0 radical (unpaired) electrons. The summed E-state index contributed by atoms with van der Waals surface area (Å²) in [4.78, 5) is 21.6. The number of hydrogen-bond donors (Lipinski definition) is 3. The van der Waals surface area contributed by atoms with E-state index in [1.165, 1.54) is 24.3 Å². The van der Waals surface area contributed by atoms with E-state index < -0.39 is 23.9 Å². The SMILES string of the molecule is N[C@H](C(=O)O)[C@H](C(=O)O)c1ccc(Cl)cc1. The molecule has 0 aliphatic rings. The zero-order valence-corrected chi connectivity index (χ0v) is 8.89. The largest absolute Gasteiger partial charge is 0.481 e. The van der Waals surface area contributed by atoms with E-state index in [4.69, 9.17) is 27.5 Å². The highest BCUT2D eigenvalue weighted by Gasteiger charge is 2.31. The molecule has 0 spiro atoms. The van der Waals surface area contributed by atoms with Crippen LogP contribution in [0.3, 0.4) is 0 Å². The Kier molecular flexibility index (Phi) is 3.87. The summed E-state index contributed by atoms with van der Waals surface area (Å²) < 4.78 is 0. The molecule has 0 amide bonds. The first-order valence-corrected chi connectivity index (χ1v) is 4.78. The molecule has 0 aliphatic heterocycles. The number of benzene rings is 1. The fourth-order valence-electron chi connectivity index (χ4n) is 1.32. The summed E-state index contributed by atoms with van der Waals surface area (Å²) in [5.74, 6) is -3.92. The smallest absolute Gasteiger partial charge is 0.321 e. The molecule has 1 aromatic carbocycles. The van der Waals surface area contributed by atoms with Crippen molar-refractivity contribution in [1.29, 1.82) is 0 Å². The van der Waals surface area contributed by atoms with Gasteiger partial charge in [0.05, 0.1) is 0 Å². The second kappa shape index (κ2) is 4.96. The van der Waals surface area contributed by atoms with Gasteiger partial charge in [0.15, 0.2) is 0 Å². The number of carboxylic acids is 2. The molecule has 2 atom stereocenters. The standard InChI is InChI=1S/C10H10ClNO4/c11-6-3-1-5(2-4-6)7(9(13)14)8(12)10(15)16/h1-4,7-8H,12H2,(H,13,14)(H,15,16)/t7-,8+/m1/s1. The fraction of sp³-hybridized carbons (Fsp3) is 0.200. The van der Waals surface area contributed by atoms with Crippen molar-refractivity contribution >= 4 is 23.5 Å². The third-order valence-corrected chi connectivity index (χ3v) is 2.39. The molecule has 5 nitrogen and oxygen atoms in total. The van der Waals surface area contributed by atoms with Crippen LogP contribution in [0.1, 0.15) is 11.5 Å². The van der Waals surface area contributed by atoms with Gasteiger partial charge in [0.2, 0.25) is 0 Å². The summed E-state index contributed by atoms with van der Waals surface area (Å²) in [6.45, 7) is 0. The van der Waals surface area contributed by atoms with Gasteiger partial charge in [-0.15, -0.1) is 0 Å². The van der Waals surface area contributed by atoms with Crippen LogP contribution >= 0.6 is 11.6 Å². The first kappa shape index (κ1) is 12.5. The van der Waals surface area contributed by atoms with Gasteiger partial charge in [0.1, 0.15) is 12.0 Å². The van der Waals surface area contributed by atoms with Crippen LogP contribution in [-0.4, -0.2) is 28.2 Å². The van der Waals surface area contributed by atoms with Gasteiger partial charge in [-0.05, 0) is 17.7 Å². The fourth-order valence-corrected chi connectivity index (χ4v) is 1.44. The van der Waals surface area contributed by atoms with Crippen LogP contribution in [0.2, 0.25) is 5.02 Å². The molecule has 16 heavy (non-hydrogen) atoms. The quantitative estimate of drug-likeness (QED) is 0.730. The number of rotatable bonds is 4. The first-order chi connectivity index (χ1) is 7.43. The summed E-state index contributed by atoms with van der Waals surface area (Å²) in [6.07, 6.45) is 0. The van der Waals surface area contributed by atoms with Gasteiger partial charge in [-0.25, -0.2) is 0 Å². The second-order valence-electron chi connectivity index (χ2n) is 3.23. The van der Waals surface area contributed by atoms with Gasteiger partial charge in [0, 0.05) is 5.02 Å². The average molecular weight is 244 g/mol. The predicted octanol–water partition coefficient (Wildman–Crippen LogP) is 0.920. The van der Waals surface area contributed by atoms with Crippen LogP contribution in [0.15, 0.2) is 24.3 Å². The van der Waals surface area contributed by atoms with Crippen molar-refractivity contribution < 1.29 is 19.8 Å². The Hall–Kier alpha value is -1.59. The molecule has 0 unspecified atom stereocenters. The molecule has 0 bridgehead atoms. The maximum absolute atomic E-state index is 11.0. The lowest BCUT2D eigenvalue weighted by Crippen LogP contribution is -2.40. The van der Waals surface area contributed by atoms with E-state index in [1.54, 1.807) is 0 Å². The third-order valence-electron chi connectivity index (χ3n) is 2.14. The molecule has 1 rings (SSSR count). The Labute approximate surface area is 96.4 Å². The zero-order chi connectivity index (χ0) is 12.3. The van der Waals surface area contributed by atoms with Crippen LogP contribution in [0.25, 0.3) is 0 Å². The normalized spacial score (nSPS) is 14.1. The average Bonchev–Trinajstić information content (AvgIpc) is 2.20. The third kappa shape index (κ3) is 2.71. The summed E-state index contributed by atoms with van der Waals surface area (Å²) in [7, 11) is 0. The maximum atomic E-state index is 11.0. The molecule has 86 valence electrons. The summed E-state index contributed by atoms with van der Waals surface area (Å²) in [5, 5.41) is 18.1. The molecule has 0 saturated carbocycles. The number of hydrogen-bond acceptors (Lipinski definition) is 3. The molecule has 0 aliphatic carbocycles. The van der Waals surface area contributed by atoms with Crippen LogP contribution in [0.5, 0.6) is 0 Å². The highest BCUT2D eigenvalue weighted by atomic mass is 35.5. The van der Waals surface area contributed by atoms with Gasteiger partial charge < -0.3 is 15.9 Å². The lowest BCUT2D eigenvalue weighted by atomic mass is 9.92. The molecule has 1 aromatic rings. The van der Waals surface area contributed by atoms with E-state index in [0.29, 0.717) is 10.6 Å². The van der Waals surface area contributed by atoms with Crippen molar-refractivity contribution in [1.82, 2.24) is 0 Å². The zero-order valence-electron chi connectivity index (χ0n) is 8.13. The minimum absolute atomic E-state index is 0.312. The van der Waals surface area contributed by atoms with E-state index in [0.717, 1.165) is 0 Å². The Morgan fingerprint density at radius 3 is 2.00 bits per heavy atom. The van der Waals surface area contributed by atoms with Crippen molar-refractivity contribution in [3.63, 3.8) is 0 Å². The molecule has 0 heterocycles. The molecule has 0 saturated heterocycles. The highest BCUT2D eigenvalue weighted by Crippen LogP contribution is 2.21. The van der Waals surface area contributed by atoms with Gasteiger partial charge in [-0.1, -0.05) is 23.7 Å². The van der Waals surface area contributed by atoms with Crippen molar-refractivity contribution in [2.45, 2.75) is 12.0 Å². The Balaban J connectivity index is 3.07. The van der Waals surface area contributed by atoms with Crippen molar-refractivity contribution in [3.05, 3.63) is 34.9 Å². The lowest BCUT2D eigenvalue weighted by Gasteiger charge is -2.16. The van der Waals surface area contributed by atoms with Gasteiger partial charge in [0.25, 0.3) is 0 Å². The van der Waals surface area contributed by atoms with Crippen LogP contribution in [0, 0.1) is 0 Å². The maximum Gasteiger partial charge on any atom is 0.321 e. The minimum atomic E-state index is -1.49. The van der Waals surface area contributed by atoms with Crippen LogP contribution < -0.4 is 5.73 Å². The number of nitrogens with two attached hydrogens (primary N) is 1. The molecule has 6 heteroatoms. The lowest BCUT2D eigenvalue weighted by molar-refractivity contribution is -0.146. The van der Waals surface area contributed by atoms with Gasteiger partial charge >= 0.3 is 11.9 Å². The predicted molar refractivity (Wildman–Crippen MR) is 57.4 cm³/mol. The molecule has 4 N–H and O–H groups in total. The Morgan fingerprint density at radius 1 is 1.12 bits per heavy atom. The summed E-state index contributed by atoms with van der Waals surface area (Å²) in [5.41, 5.74) is 5.63. The first-order valence-electron chi connectivity index (χ1n) is 4.40. The van der Waals surface area contributed by atoms with E-state index in [9.17, 15) is 9.59 Å². The summed E-state index contributed by atoms with van der Waals surface area (Å²) in [6, 6.07) is 4.38. The van der Waals surface area contributed by atoms with Crippen LogP contribution in [0.4, 0.5) is 0 Å². The van der Waals surface area contributed by atoms with Crippen LogP contribution in [-0.2, 0) is 9.59 Å². The Morgan fingerprint density at radius 2 is 1.62 bits per heavy atom. The van der Waals surface area contributed by atoms with E-state index >= 15 is 0 Å². The molecular weight excluding hydrogens is 234 g/mol. The molecule has 0 aromatic heterocycles. The number of aliphatic carboxylic acids is 2. The number of carbonyl (C=O) groups is 2. The van der Waals surface area contributed by atoms with E-state index in [2.05, 4.69) is 0 Å².